The Bertz CT molecular complexity index is 1050. The van der Waals surface area contributed by atoms with Crippen LogP contribution in [0.15, 0.2) is 29.8 Å². The van der Waals surface area contributed by atoms with Crippen molar-refractivity contribution in [1.82, 2.24) is 24.6 Å². The maximum Gasteiger partial charge on any atom is 0.456 e. The van der Waals surface area contributed by atoms with Crippen LogP contribution < -0.4 is 4.74 Å². The van der Waals surface area contributed by atoms with E-state index in [-0.39, 0.29) is 0 Å². The molecule has 1 aliphatic rings. The van der Waals surface area contributed by atoms with Crippen molar-refractivity contribution in [3.63, 3.8) is 0 Å². The molecule has 3 heterocycles. The molecule has 0 unspecified atom stereocenters. The Morgan fingerprint density at radius 2 is 1.87 bits per heavy atom. The molecule has 4 rings (SSSR count). The van der Waals surface area contributed by atoms with E-state index in [0.29, 0.717) is 27.8 Å². The second-order valence-electron chi connectivity index (χ2n) is 6.77. The Morgan fingerprint density at radius 3 is 2.47 bits per heavy atom. The van der Waals surface area contributed by atoms with E-state index >= 15 is 0 Å². The SMILES string of the molecule is CCSc1nn2cc(C3CC3)cnc2c1-c1cnc(OCC(F)(F)C(F)(F)F)cn1. The van der Waals surface area contributed by atoms with E-state index in [2.05, 4.69) is 24.8 Å². The number of hydrogen-bond donors (Lipinski definition) is 0. The lowest BCUT2D eigenvalue weighted by atomic mass is 10.2. The van der Waals surface area contributed by atoms with Crippen molar-refractivity contribution in [2.24, 2.45) is 0 Å². The van der Waals surface area contributed by atoms with E-state index in [0.717, 1.165) is 30.4 Å². The summed E-state index contributed by atoms with van der Waals surface area (Å²) in [6.45, 7) is 0.0919. The normalized spacial score (nSPS) is 15.0. The number of rotatable bonds is 7. The molecule has 1 saturated carbocycles. The van der Waals surface area contributed by atoms with Crippen LogP contribution in [0.1, 0.15) is 31.2 Å². The predicted molar refractivity (Wildman–Crippen MR) is 98.9 cm³/mol. The molecule has 1 fully saturated rings. The first kappa shape index (κ1) is 20.8. The summed E-state index contributed by atoms with van der Waals surface area (Å²) in [5.41, 5.74) is 2.64. The molecule has 0 radical (unpaired) electrons. The highest BCUT2D eigenvalue weighted by atomic mass is 32.2. The molecular weight excluding hydrogens is 429 g/mol. The predicted octanol–water partition coefficient (Wildman–Crippen LogP) is 4.75. The van der Waals surface area contributed by atoms with Crippen molar-refractivity contribution in [1.29, 1.82) is 0 Å². The van der Waals surface area contributed by atoms with E-state index in [4.69, 9.17) is 0 Å². The summed E-state index contributed by atoms with van der Waals surface area (Å²) in [4.78, 5) is 12.5. The number of aromatic nitrogens is 5. The zero-order valence-corrected chi connectivity index (χ0v) is 16.5. The van der Waals surface area contributed by atoms with Crippen molar-refractivity contribution in [3.05, 3.63) is 30.4 Å². The molecule has 6 nitrogen and oxygen atoms in total. The minimum atomic E-state index is -5.70. The molecule has 12 heteroatoms. The van der Waals surface area contributed by atoms with Crippen molar-refractivity contribution < 1.29 is 26.7 Å². The molecule has 160 valence electrons. The van der Waals surface area contributed by atoms with Gasteiger partial charge in [-0.2, -0.15) is 27.1 Å². The van der Waals surface area contributed by atoms with Crippen LogP contribution in [0.4, 0.5) is 22.0 Å². The van der Waals surface area contributed by atoms with Gasteiger partial charge in [-0.15, -0.1) is 11.8 Å². The molecule has 0 amide bonds. The Kier molecular flexibility index (Phi) is 5.28. The summed E-state index contributed by atoms with van der Waals surface area (Å²) in [6, 6.07) is 0. The monoisotopic (exact) mass is 445 g/mol. The summed E-state index contributed by atoms with van der Waals surface area (Å²) in [5.74, 6) is -4.17. The highest BCUT2D eigenvalue weighted by molar-refractivity contribution is 7.99. The van der Waals surface area contributed by atoms with Gasteiger partial charge in [0.05, 0.1) is 23.7 Å². The van der Waals surface area contributed by atoms with Gasteiger partial charge in [-0.3, -0.25) is 0 Å². The molecule has 0 saturated heterocycles. The van der Waals surface area contributed by atoms with Crippen molar-refractivity contribution in [2.75, 3.05) is 12.4 Å². The average molecular weight is 445 g/mol. The lowest BCUT2D eigenvalue weighted by Crippen LogP contribution is -2.41. The van der Waals surface area contributed by atoms with Crippen molar-refractivity contribution >= 4 is 17.4 Å². The highest BCUT2D eigenvalue weighted by Crippen LogP contribution is 2.40. The van der Waals surface area contributed by atoms with Crippen LogP contribution in [0.3, 0.4) is 0 Å². The molecule has 0 bridgehead atoms. The molecule has 3 aromatic heterocycles. The quantitative estimate of drug-likeness (QED) is 0.386. The smallest absolute Gasteiger partial charge is 0.456 e. The number of thioether (sulfide) groups is 1. The second-order valence-corrected chi connectivity index (χ2v) is 8.03. The van der Waals surface area contributed by atoms with Crippen LogP contribution in [-0.2, 0) is 0 Å². The maximum absolute atomic E-state index is 13.0. The molecule has 1 aliphatic carbocycles. The molecule has 0 atom stereocenters. The Morgan fingerprint density at radius 1 is 1.10 bits per heavy atom. The highest BCUT2D eigenvalue weighted by Gasteiger charge is 2.58. The van der Waals surface area contributed by atoms with Gasteiger partial charge < -0.3 is 4.74 Å². The Hall–Kier alpha value is -2.50. The molecule has 0 spiro atoms. The van der Waals surface area contributed by atoms with Crippen LogP contribution >= 0.6 is 11.8 Å². The minimum Gasteiger partial charge on any atom is -0.470 e. The summed E-state index contributed by atoms with van der Waals surface area (Å²) < 4.78 is 68.9. The lowest BCUT2D eigenvalue weighted by Gasteiger charge is -2.19. The third-order valence-corrected chi connectivity index (χ3v) is 5.34. The average Bonchev–Trinajstić information content (AvgIpc) is 3.48. The van der Waals surface area contributed by atoms with Gasteiger partial charge in [-0.1, -0.05) is 6.92 Å². The van der Waals surface area contributed by atoms with Crippen molar-refractivity contribution in [3.8, 4) is 17.1 Å². The van der Waals surface area contributed by atoms with Crippen LogP contribution in [0, 0.1) is 0 Å². The van der Waals surface area contributed by atoms with Gasteiger partial charge in [0.2, 0.25) is 5.88 Å². The van der Waals surface area contributed by atoms with Gasteiger partial charge in [0, 0.05) is 12.4 Å². The number of fused-ring (bicyclic) bond motifs is 1. The fraction of sp³-hybridized carbons (Fsp3) is 0.444. The van der Waals surface area contributed by atoms with Gasteiger partial charge in [0.1, 0.15) is 5.03 Å². The van der Waals surface area contributed by atoms with Gasteiger partial charge in [0.15, 0.2) is 12.3 Å². The van der Waals surface area contributed by atoms with E-state index in [1.807, 2.05) is 13.1 Å². The summed E-state index contributed by atoms with van der Waals surface area (Å²) in [7, 11) is 0. The van der Waals surface area contributed by atoms with Crippen molar-refractivity contribution in [2.45, 2.75) is 42.8 Å². The topological polar surface area (TPSA) is 65.2 Å². The second kappa shape index (κ2) is 7.64. The molecule has 0 aliphatic heterocycles. The first-order valence-corrected chi connectivity index (χ1v) is 10.1. The fourth-order valence-corrected chi connectivity index (χ4v) is 3.54. The van der Waals surface area contributed by atoms with Gasteiger partial charge in [0.25, 0.3) is 0 Å². The third kappa shape index (κ3) is 4.05. The molecule has 3 aromatic rings. The Labute approximate surface area is 171 Å². The Balaban J connectivity index is 1.61. The third-order valence-electron chi connectivity index (χ3n) is 4.49. The van der Waals surface area contributed by atoms with E-state index < -0.39 is 24.6 Å². The van der Waals surface area contributed by atoms with Gasteiger partial charge in [-0.25, -0.2) is 19.5 Å². The number of hydrogen-bond acceptors (Lipinski definition) is 6. The molecular formula is C18H16F5N5OS. The number of alkyl halides is 5. The summed E-state index contributed by atoms with van der Waals surface area (Å²) >= 11 is 1.48. The first-order chi connectivity index (χ1) is 14.2. The zero-order valence-electron chi connectivity index (χ0n) is 15.7. The molecule has 0 aromatic carbocycles. The van der Waals surface area contributed by atoms with E-state index in [9.17, 15) is 22.0 Å². The number of ether oxygens (including phenoxy) is 1. The minimum absolute atomic E-state index is 0.363. The van der Waals surface area contributed by atoms with Gasteiger partial charge in [-0.05, 0) is 30.1 Å². The number of nitrogens with zero attached hydrogens (tertiary/aromatic N) is 5. The molecule has 0 N–H and O–H groups in total. The summed E-state index contributed by atoms with van der Waals surface area (Å²) in [6.07, 6.45) is 2.51. The standard InChI is InChI=1S/C18H16F5N5OS/c1-2-30-16-14(15-26-5-11(10-3-4-10)8-28(15)27-16)12-6-25-13(7-24-12)29-9-17(19,20)18(21,22)23/h5-8,10H,2-4,9H2,1H3. The number of halogens is 5. The lowest BCUT2D eigenvalue weighted by molar-refractivity contribution is -0.290. The van der Waals surface area contributed by atoms with Crippen LogP contribution in [0.5, 0.6) is 5.88 Å². The van der Waals surface area contributed by atoms with E-state index in [1.54, 1.807) is 10.7 Å². The first-order valence-electron chi connectivity index (χ1n) is 9.10. The van der Waals surface area contributed by atoms with E-state index in [1.165, 1.54) is 18.0 Å². The summed E-state index contributed by atoms with van der Waals surface area (Å²) in [5, 5.41) is 5.23. The van der Waals surface area contributed by atoms with Crippen LogP contribution in [0.2, 0.25) is 0 Å². The molecule has 30 heavy (non-hydrogen) atoms. The maximum atomic E-state index is 13.0. The van der Waals surface area contributed by atoms with Crippen LogP contribution in [0.25, 0.3) is 16.9 Å². The largest absolute Gasteiger partial charge is 0.470 e. The van der Waals surface area contributed by atoms with Gasteiger partial charge >= 0.3 is 12.1 Å². The fourth-order valence-electron chi connectivity index (χ4n) is 2.78. The zero-order chi connectivity index (χ0) is 21.5. The van der Waals surface area contributed by atoms with Crippen LogP contribution in [-0.4, -0.2) is 49.0 Å².